The molecule has 33 heavy (non-hydrogen) atoms. The molecule has 1 unspecified atom stereocenters. The molecule has 0 saturated carbocycles. The maximum absolute atomic E-state index is 13.1. The van der Waals surface area contributed by atoms with Crippen LogP contribution in [0.3, 0.4) is 0 Å². The van der Waals surface area contributed by atoms with Gasteiger partial charge in [0.2, 0.25) is 15.9 Å². The second-order valence-electron chi connectivity index (χ2n) is 8.36. The summed E-state index contributed by atoms with van der Waals surface area (Å²) in [5.41, 5.74) is 0.293. The van der Waals surface area contributed by atoms with Crippen molar-refractivity contribution < 1.29 is 22.8 Å². The molecule has 1 N–H and O–H groups in total. The molecule has 2 heterocycles. The Morgan fingerprint density at radius 3 is 2.21 bits per heavy atom. The number of carbonyl (C=O) groups is 3. The van der Waals surface area contributed by atoms with E-state index in [0.29, 0.717) is 5.56 Å². The molecule has 0 aliphatic carbocycles. The number of nitrogens with zero attached hydrogens (tertiary/aromatic N) is 3. The lowest BCUT2D eigenvalue weighted by molar-refractivity contribution is -0.139. The van der Waals surface area contributed by atoms with E-state index < -0.39 is 40.0 Å². The average Bonchev–Trinajstić information content (AvgIpc) is 3.03. The highest BCUT2D eigenvalue weighted by Crippen LogP contribution is 2.31. The fourth-order valence-electron chi connectivity index (χ4n) is 4.31. The van der Waals surface area contributed by atoms with Gasteiger partial charge in [-0.15, -0.1) is 0 Å². The first-order valence-corrected chi connectivity index (χ1v) is 12.1. The molecule has 0 spiro atoms. The van der Waals surface area contributed by atoms with E-state index in [0.717, 1.165) is 10.5 Å². The largest absolute Gasteiger partial charge is 0.338 e. The number of nitrogens with one attached hydrogen (secondary N) is 1. The molecule has 4 amide bonds. The van der Waals surface area contributed by atoms with Crippen LogP contribution >= 0.6 is 0 Å². The summed E-state index contributed by atoms with van der Waals surface area (Å²) in [5.74, 6) is -0.885. The zero-order valence-corrected chi connectivity index (χ0v) is 19.3. The summed E-state index contributed by atoms with van der Waals surface area (Å²) in [7, 11) is -3.63. The van der Waals surface area contributed by atoms with Crippen LogP contribution in [0.4, 0.5) is 4.79 Å². The number of hydrogen-bond donors (Lipinski definition) is 1. The number of urea groups is 1. The van der Waals surface area contributed by atoms with Gasteiger partial charge in [-0.05, 0) is 37.1 Å². The Kier molecular flexibility index (Phi) is 5.98. The molecule has 2 aromatic rings. The lowest BCUT2D eigenvalue weighted by Gasteiger charge is -2.34. The standard InChI is InChI=1S/C23H26N4O5S/c1-17-8-6-7-11-19(17)23(2)21(29)27(22(30)24-23)16-20(28)25-12-14-26(15-13-25)33(31,32)18-9-4-3-5-10-18/h3-11H,12-16H2,1-2H3,(H,24,30). The number of carbonyl (C=O) groups excluding carboxylic acids is 3. The Labute approximate surface area is 193 Å². The van der Waals surface area contributed by atoms with Crippen LogP contribution in [0.1, 0.15) is 18.1 Å². The minimum Gasteiger partial charge on any atom is -0.338 e. The molecule has 2 aliphatic rings. The van der Waals surface area contributed by atoms with E-state index in [-0.39, 0.29) is 31.1 Å². The molecule has 0 bridgehead atoms. The summed E-state index contributed by atoms with van der Waals surface area (Å²) in [6, 6.07) is 14.8. The topological polar surface area (TPSA) is 107 Å². The van der Waals surface area contributed by atoms with Crippen molar-refractivity contribution >= 4 is 27.9 Å². The number of sulfonamides is 1. The molecule has 4 rings (SSSR count). The first-order chi connectivity index (χ1) is 15.6. The SMILES string of the molecule is Cc1ccccc1C1(C)NC(=O)N(CC(=O)N2CCN(S(=O)(=O)c3ccccc3)CC2)C1=O. The fourth-order valence-corrected chi connectivity index (χ4v) is 5.75. The number of benzene rings is 2. The summed E-state index contributed by atoms with van der Waals surface area (Å²) in [6.45, 7) is 3.75. The molecule has 1 atom stereocenters. The number of aryl methyl sites for hydroxylation is 1. The summed E-state index contributed by atoms with van der Waals surface area (Å²) in [4.78, 5) is 41.2. The Hall–Kier alpha value is -3.24. The number of imide groups is 1. The first-order valence-electron chi connectivity index (χ1n) is 10.7. The smallest absolute Gasteiger partial charge is 0.325 e. The van der Waals surface area contributed by atoms with Gasteiger partial charge in [-0.25, -0.2) is 13.2 Å². The van der Waals surface area contributed by atoms with Crippen LogP contribution in [0.15, 0.2) is 59.5 Å². The van der Waals surface area contributed by atoms with Gasteiger partial charge in [0, 0.05) is 26.2 Å². The third-order valence-corrected chi connectivity index (χ3v) is 8.14. The molecule has 0 aromatic heterocycles. The number of amides is 4. The summed E-state index contributed by atoms with van der Waals surface area (Å²) < 4.78 is 26.9. The van der Waals surface area contributed by atoms with Crippen LogP contribution in [0.5, 0.6) is 0 Å². The van der Waals surface area contributed by atoms with Crippen molar-refractivity contribution in [3.8, 4) is 0 Å². The minimum atomic E-state index is -3.63. The van der Waals surface area contributed by atoms with Crippen molar-refractivity contribution in [1.82, 2.24) is 19.4 Å². The molecule has 2 saturated heterocycles. The molecule has 2 aromatic carbocycles. The molecule has 0 radical (unpaired) electrons. The number of piperazine rings is 1. The van der Waals surface area contributed by atoms with Gasteiger partial charge < -0.3 is 10.2 Å². The molecule has 2 aliphatic heterocycles. The maximum atomic E-state index is 13.1. The van der Waals surface area contributed by atoms with Gasteiger partial charge in [0.25, 0.3) is 5.91 Å². The zero-order chi connectivity index (χ0) is 23.8. The van der Waals surface area contributed by atoms with Crippen molar-refractivity contribution in [2.24, 2.45) is 0 Å². The van der Waals surface area contributed by atoms with E-state index in [2.05, 4.69) is 5.32 Å². The van der Waals surface area contributed by atoms with E-state index in [9.17, 15) is 22.8 Å². The highest BCUT2D eigenvalue weighted by atomic mass is 32.2. The van der Waals surface area contributed by atoms with Crippen LogP contribution < -0.4 is 5.32 Å². The second-order valence-corrected chi connectivity index (χ2v) is 10.3. The van der Waals surface area contributed by atoms with Gasteiger partial charge in [-0.1, -0.05) is 42.5 Å². The van der Waals surface area contributed by atoms with E-state index in [4.69, 9.17) is 0 Å². The van der Waals surface area contributed by atoms with Crippen molar-refractivity contribution in [2.45, 2.75) is 24.3 Å². The van der Waals surface area contributed by atoms with E-state index in [1.807, 2.05) is 19.1 Å². The third-order valence-electron chi connectivity index (χ3n) is 6.22. The zero-order valence-electron chi connectivity index (χ0n) is 18.5. The van der Waals surface area contributed by atoms with Crippen molar-refractivity contribution in [3.05, 3.63) is 65.7 Å². The van der Waals surface area contributed by atoms with Crippen LogP contribution in [0, 0.1) is 6.92 Å². The van der Waals surface area contributed by atoms with E-state index in [1.54, 1.807) is 37.3 Å². The molecule has 2 fully saturated rings. The van der Waals surface area contributed by atoms with Gasteiger partial charge in [0.05, 0.1) is 4.90 Å². The lowest BCUT2D eigenvalue weighted by Crippen LogP contribution is -2.53. The first kappa shape index (κ1) is 22.9. The van der Waals surface area contributed by atoms with Crippen LogP contribution in [0.2, 0.25) is 0 Å². The second kappa shape index (κ2) is 8.60. The number of hydrogen-bond acceptors (Lipinski definition) is 5. The average molecular weight is 471 g/mol. The van der Waals surface area contributed by atoms with Crippen molar-refractivity contribution in [3.63, 3.8) is 0 Å². The Morgan fingerprint density at radius 1 is 0.970 bits per heavy atom. The van der Waals surface area contributed by atoms with Crippen molar-refractivity contribution in [2.75, 3.05) is 32.7 Å². The molecular weight excluding hydrogens is 444 g/mol. The molecule has 174 valence electrons. The van der Waals surface area contributed by atoms with Gasteiger partial charge >= 0.3 is 6.03 Å². The van der Waals surface area contributed by atoms with Gasteiger partial charge in [0.1, 0.15) is 12.1 Å². The van der Waals surface area contributed by atoms with Crippen LogP contribution in [0.25, 0.3) is 0 Å². The molecule has 9 nitrogen and oxygen atoms in total. The van der Waals surface area contributed by atoms with Gasteiger partial charge in [-0.2, -0.15) is 4.31 Å². The summed E-state index contributed by atoms with van der Waals surface area (Å²) in [6.07, 6.45) is 0. The van der Waals surface area contributed by atoms with Gasteiger partial charge in [-0.3, -0.25) is 14.5 Å². The van der Waals surface area contributed by atoms with E-state index >= 15 is 0 Å². The van der Waals surface area contributed by atoms with Crippen molar-refractivity contribution in [1.29, 1.82) is 0 Å². The monoisotopic (exact) mass is 470 g/mol. The van der Waals surface area contributed by atoms with Gasteiger partial charge in [0.15, 0.2) is 0 Å². The van der Waals surface area contributed by atoms with Crippen LogP contribution in [-0.2, 0) is 25.2 Å². The lowest BCUT2D eigenvalue weighted by atomic mass is 9.88. The predicted octanol–water partition coefficient (Wildman–Crippen LogP) is 1.30. The highest BCUT2D eigenvalue weighted by Gasteiger charge is 2.50. The van der Waals surface area contributed by atoms with Crippen LogP contribution in [-0.4, -0.2) is 73.1 Å². The quantitative estimate of drug-likeness (QED) is 0.663. The molecule has 10 heteroatoms. The Bertz CT molecular complexity index is 1190. The molecular formula is C23H26N4O5S. The fraction of sp³-hybridized carbons (Fsp3) is 0.348. The summed E-state index contributed by atoms with van der Waals surface area (Å²) >= 11 is 0. The number of rotatable bonds is 5. The maximum Gasteiger partial charge on any atom is 0.325 e. The summed E-state index contributed by atoms with van der Waals surface area (Å²) in [5, 5.41) is 2.72. The highest BCUT2D eigenvalue weighted by molar-refractivity contribution is 7.89. The Balaban J connectivity index is 1.41. The predicted molar refractivity (Wildman–Crippen MR) is 121 cm³/mol. The Morgan fingerprint density at radius 2 is 1.58 bits per heavy atom. The third kappa shape index (κ3) is 4.11. The normalized spacial score (nSPS) is 21.9. The minimum absolute atomic E-state index is 0.143. The van der Waals surface area contributed by atoms with E-state index in [1.165, 1.54) is 21.3 Å².